The molecule has 2 unspecified atom stereocenters. The molecule has 9 N–H and O–H groups in total. The van der Waals surface area contributed by atoms with Crippen molar-refractivity contribution in [2.45, 2.75) is 115 Å². The predicted octanol–water partition coefficient (Wildman–Crippen LogP) is 2.75. The summed E-state index contributed by atoms with van der Waals surface area (Å²) in [5.41, 5.74) is 8.76. The Morgan fingerprint density at radius 3 is 2.18 bits per heavy atom. The third-order valence-electron chi connectivity index (χ3n) is 10.4. The summed E-state index contributed by atoms with van der Waals surface area (Å²) >= 11 is 0. The van der Waals surface area contributed by atoms with E-state index in [0.717, 1.165) is 29.3 Å². The average molecular weight is 706 g/mol. The normalized spacial score (nSPS) is 20.9. The number of carbonyl (C=O) groups excluding carboxylic acids is 5. The number of ketones is 1. The van der Waals surface area contributed by atoms with Crippen LogP contribution >= 0.6 is 0 Å². The number of nitrogens with two attached hydrogens (primary N) is 3. The van der Waals surface area contributed by atoms with Crippen LogP contribution in [0, 0.1) is 5.92 Å². The molecule has 2 aromatic carbocycles. The van der Waals surface area contributed by atoms with Gasteiger partial charge in [-0.05, 0) is 55.5 Å². The second-order valence-corrected chi connectivity index (χ2v) is 14.8. The van der Waals surface area contributed by atoms with Crippen LogP contribution in [0.3, 0.4) is 0 Å². The van der Waals surface area contributed by atoms with Gasteiger partial charge in [-0.2, -0.15) is 0 Å². The number of hydrogen-bond acceptors (Lipinski definition) is 9. The van der Waals surface area contributed by atoms with Gasteiger partial charge in [-0.15, -0.1) is 0 Å². The maximum atomic E-state index is 13.8. The SMILES string of the molecule is CC(C)(O)/C(=C/N)N(N)C1CC(C(=O)NC2(C(=O)C(N)=O)CCCCC2)N(C(=O)CNC(=O)c2ccc3ccccc3c2)C1.CC1CCCCC1. The van der Waals surface area contributed by atoms with Gasteiger partial charge in [0.15, 0.2) is 0 Å². The number of nitrogens with zero attached hydrogens (tertiary/aromatic N) is 2. The lowest BCUT2D eigenvalue weighted by Crippen LogP contribution is -2.62. The number of rotatable bonds is 10. The maximum Gasteiger partial charge on any atom is 0.287 e. The Morgan fingerprint density at radius 2 is 1.61 bits per heavy atom. The summed E-state index contributed by atoms with van der Waals surface area (Å²) < 4.78 is 0. The van der Waals surface area contributed by atoms with Crippen LogP contribution in [0.2, 0.25) is 0 Å². The monoisotopic (exact) mass is 705 g/mol. The second kappa shape index (κ2) is 17.1. The fraction of sp³-hybridized carbons (Fsp3) is 0.553. The molecule has 3 aliphatic rings. The maximum absolute atomic E-state index is 13.8. The van der Waals surface area contributed by atoms with E-state index < -0.39 is 59.2 Å². The second-order valence-electron chi connectivity index (χ2n) is 14.8. The summed E-state index contributed by atoms with van der Waals surface area (Å²) in [4.78, 5) is 66.4. The molecule has 1 saturated heterocycles. The molecule has 2 saturated carbocycles. The van der Waals surface area contributed by atoms with E-state index in [2.05, 4.69) is 17.6 Å². The van der Waals surface area contributed by atoms with Gasteiger partial charge in [-0.3, -0.25) is 24.0 Å². The van der Waals surface area contributed by atoms with Crippen LogP contribution in [0.5, 0.6) is 0 Å². The molecule has 2 aromatic rings. The average Bonchev–Trinajstić information content (AvgIpc) is 3.57. The molecule has 3 fully saturated rings. The van der Waals surface area contributed by atoms with Crippen molar-refractivity contribution in [3.8, 4) is 0 Å². The standard InChI is InChI=1S/C31H41N7O6.C7H14/c1-30(2,44)24(16-32)38(34)22-15-23(29(43)36-31(26(40)27(33)41)12-6-3-7-13-31)37(18-22)25(39)17-35-28(42)21-11-10-19-8-4-5-9-20(19)14-21;1-7-5-3-2-4-6-7/h4-5,8-11,14,16,22-23,44H,3,6-7,12-13,15,17-18,32,34H2,1-2H3,(H2,33,41)(H,35,42)(H,36,43);7H,2-6H2,1H3/b24-16-;. The molecule has 1 heterocycles. The summed E-state index contributed by atoms with van der Waals surface area (Å²) in [7, 11) is 0. The first-order chi connectivity index (χ1) is 24.2. The fourth-order valence-electron chi connectivity index (χ4n) is 7.46. The molecule has 0 spiro atoms. The number of amides is 4. The fourth-order valence-corrected chi connectivity index (χ4v) is 7.46. The predicted molar refractivity (Wildman–Crippen MR) is 195 cm³/mol. The van der Waals surface area contributed by atoms with Crippen LogP contribution in [0.15, 0.2) is 54.4 Å². The highest BCUT2D eigenvalue weighted by Crippen LogP contribution is 2.32. The first kappa shape index (κ1) is 39.3. The zero-order valence-electron chi connectivity index (χ0n) is 30.2. The van der Waals surface area contributed by atoms with E-state index in [-0.39, 0.29) is 31.5 Å². The molecule has 2 aliphatic carbocycles. The summed E-state index contributed by atoms with van der Waals surface area (Å²) in [6.07, 6.45) is 11.2. The zero-order chi connectivity index (χ0) is 37.3. The van der Waals surface area contributed by atoms with Crippen molar-refractivity contribution in [1.29, 1.82) is 0 Å². The van der Waals surface area contributed by atoms with Gasteiger partial charge >= 0.3 is 0 Å². The molecular formula is C38H55N7O6. The molecule has 1 aliphatic heterocycles. The minimum atomic E-state index is -1.46. The van der Waals surface area contributed by atoms with Gasteiger partial charge in [0.25, 0.3) is 11.8 Å². The zero-order valence-corrected chi connectivity index (χ0v) is 30.2. The molecule has 4 amide bonds. The Labute approximate surface area is 300 Å². The Balaban J connectivity index is 0.000000742. The van der Waals surface area contributed by atoms with Crippen LogP contribution in [0.4, 0.5) is 0 Å². The van der Waals surface area contributed by atoms with Gasteiger partial charge in [0.2, 0.25) is 17.6 Å². The van der Waals surface area contributed by atoms with E-state index >= 15 is 0 Å². The molecule has 13 nitrogen and oxygen atoms in total. The van der Waals surface area contributed by atoms with Gasteiger partial charge in [0, 0.05) is 24.7 Å². The van der Waals surface area contributed by atoms with E-state index in [0.29, 0.717) is 18.4 Å². The lowest BCUT2D eigenvalue weighted by atomic mass is 9.78. The Hall–Kier alpha value is -4.49. The molecule has 2 atom stereocenters. The van der Waals surface area contributed by atoms with Crippen molar-refractivity contribution in [2.75, 3.05) is 13.1 Å². The number of primary amides is 1. The largest absolute Gasteiger partial charge is 0.403 e. The Kier molecular flexibility index (Phi) is 13.2. The number of fused-ring (bicyclic) bond motifs is 1. The molecule has 0 aromatic heterocycles. The highest BCUT2D eigenvalue weighted by atomic mass is 16.3. The summed E-state index contributed by atoms with van der Waals surface area (Å²) in [5.74, 6) is 3.70. The van der Waals surface area contributed by atoms with Crippen molar-refractivity contribution < 1.29 is 29.1 Å². The van der Waals surface area contributed by atoms with Crippen molar-refractivity contribution in [1.82, 2.24) is 20.5 Å². The summed E-state index contributed by atoms with van der Waals surface area (Å²) in [6, 6.07) is 11.0. The molecular weight excluding hydrogens is 650 g/mol. The first-order valence-electron chi connectivity index (χ1n) is 18.1. The molecule has 51 heavy (non-hydrogen) atoms. The van der Waals surface area contributed by atoms with E-state index in [4.69, 9.17) is 17.3 Å². The number of likely N-dealkylation sites (tertiary alicyclic amines) is 1. The van der Waals surface area contributed by atoms with Gasteiger partial charge < -0.3 is 37.1 Å². The van der Waals surface area contributed by atoms with Crippen molar-refractivity contribution in [3.05, 3.63) is 59.9 Å². The Bertz CT molecular complexity index is 1610. The van der Waals surface area contributed by atoms with E-state index in [9.17, 15) is 29.1 Å². The molecule has 0 bridgehead atoms. The quantitative estimate of drug-likeness (QED) is 0.122. The lowest BCUT2D eigenvalue weighted by Gasteiger charge is -2.37. The van der Waals surface area contributed by atoms with Crippen LogP contribution in [-0.4, -0.2) is 80.7 Å². The highest BCUT2D eigenvalue weighted by molar-refractivity contribution is 6.39. The van der Waals surface area contributed by atoms with Gasteiger partial charge in [0.1, 0.15) is 17.2 Å². The number of nitrogens with one attached hydrogen (secondary N) is 2. The number of hydrazine groups is 1. The van der Waals surface area contributed by atoms with Crippen LogP contribution in [0.25, 0.3) is 10.8 Å². The number of Topliss-reactive ketones (excluding diaryl/α,β-unsaturated/α-hetero) is 1. The number of hydrogen-bond donors (Lipinski definition) is 6. The highest BCUT2D eigenvalue weighted by Gasteiger charge is 2.48. The first-order valence-corrected chi connectivity index (χ1v) is 18.1. The van der Waals surface area contributed by atoms with Crippen LogP contribution < -0.4 is 27.9 Å². The van der Waals surface area contributed by atoms with Crippen molar-refractivity contribution in [3.63, 3.8) is 0 Å². The van der Waals surface area contributed by atoms with Gasteiger partial charge in [0.05, 0.1) is 18.3 Å². The molecule has 278 valence electrons. The number of carbonyl (C=O) groups is 5. The number of benzene rings is 2. The third-order valence-corrected chi connectivity index (χ3v) is 10.4. The van der Waals surface area contributed by atoms with E-state index in [1.807, 2.05) is 30.3 Å². The summed E-state index contributed by atoms with van der Waals surface area (Å²) in [5, 5.41) is 19.0. The van der Waals surface area contributed by atoms with Gasteiger partial charge in [-0.25, -0.2) is 5.84 Å². The molecule has 13 heteroatoms. The van der Waals surface area contributed by atoms with Crippen molar-refractivity contribution >= 4 is 40.2 Å². The van der Waals surface area contributed by atoms with E-state index in [1.54, 1.807) is 12.1 Å². The summed E-state index contributed by atoms with van der Waals surface area (Å²) in [6.45, 7) is 4.90. The minimum absolute atomic E-state index is 0.0287. The third kappa shape index (κ3) is 9.85. The smallest absolute Gasteiger partial charge is 0.287 e. The van der Waals surface area contributed by atoms with E-state index in [1.165, 1.54) is 55.9 Å². The lowest BCUT2D eigenvalue weighted by molar-refractivity contribution is -0.145. The van der Waals surface area contributed by atoms with Crippen molar-refractivity contribution in [2.24, 2.45) is 23.2 Å². The minimum Gasteiger partial charge on any atom is -0.403 e. The topological polar surface area (TPSA) is 214 Å². The number of aliphatic hydroxyl groups is 1. The van der Waals surface area contributed by atoms with Crippen LogP contribution in [-0.2, 0) is 19.2 Å². The van der Waals surface area contributed by atoms with Crippen LogP contribution in [0.1, 0.15) is 102 Å². The molecule has 0 radical (unpaired) electrons. The Morgan fingerprint density at radius 1 is 0.980 bits per heavy atom. The molecule has 5 rings (SSSR count). The van der Waals surface area contributed by atoms with Gasteiger partial charge in [-0.1, -0.05) is 88.6 Å².